The molecule has 0 unspecified atom stereocenters. The van der Waals surface area contributed by atoms with Gasteiger partial charge in [0.15, 0.2) is 11.1 Å². The fraction of sp³-hybridized carbons (Fsp3) is 0.160. The van der Waals surface area contributed by atoms with Crippen molar-refractivity contribution in [2.75, 3.05) is 5.32 Å². The van der Waals surface area contributed by atoms with Crippen molar-refractivity contribution in [3.8, 4) is 5.69 Å². The number of para-hydroxylation sites is 2. The van der Waals surface area contributed by atoms with E-state index in [1.807, 2.05) is 72.2 Å². The largest absolute Gasteiger partial charge is 0.348 e. The van der Waals surface area contributed by atoms with Gasteiger partial charge in [0.2, 0.25) is 0 Å². The van der Waals surface area contributed by atoms with Gasteiger partial charge in [-0.2, -0.15) is 0 Å². The first-order chi connectivity index (χ1) is 15.1. The van der Waals surface area contributed by atoms with Crippen LogP contribution in [0.3, 0.4) is 0 Å². The summed E-state index contributed by atoms with van der Waals surface area (Å²) < 4.78 is 1.89. The van der Waals surface area contributed by atoms with Crippen LogP contribution in [0.1, 0.15) is 28.9 Å². The molecular weight excluding hydrogens is 388 g/mol. The van der Waals surface area contributed by atoms with E-state index in [0.29, 0.717) is 22.5 Å². The van der Waals surface area contributed by atoms with Crippen LogP contribution in [0.15, 0.2) is 77.6 Å². The highest BCUT2D eigenvalue weighted by Gasteiger charge is 2.25. The first-order valence-corrected chi connectivity index (χ1v) is 10.4. The molecule has 1 aliphatic rings. The smallest absolute Gasteiger partial charge is 0.270 e. The molecule has 0 aliphatic heterocycles. The number of aryl methyl sites for hydroxylation is 1. The van der Waals surface area contributed by atoms with Crippen LogP contribution in [0.2, 0.25) is 0 Å². The monoisotopic (exact) mass is 410 g/mol. The number of carbonyl (C=O) groups is 1. The van der Waals surface area contributed by atoms with Crippen molar-refractivity contribution in [3.63, 3.8) is 0 Å². The lowest BCUT2D eigenvalue weighted by Crippen LogP contribution is -2.27. The second-order valence-corrected chi connectivity index (χ2v) is 7.83. The average molecular weight is 410 g/mol. The van der Waals surface area contributed by atoms with Crippen LogP contribution in [-0.2, 0) is 0 Å². The van der Waals surface area contributed by atoms with Crippen molar-refractivity contribution >= 4 is 28.4 Å². The number of rotatable bonds is 5. The molecule has 4 aromatic rings. The van der Waals surface area contributed by atoms with E-state index in [-0.39, 0.29) is 17.4 Å². The van der Waals surface area contributed by atoms with Gasteiger partial charge in [-0.15, -0.1) is 0 Å². The van der Waals surface area contributed by atoms with Crippen molar-refractivity contribution in [3.05, 3.63) is 94.3 Å². The molecule has 2 aromatic heterocycles. The van der Waals surface area contributed by atoms with Crippen LogP contribution in [0.25, 0.3) is 16.7 Å². The molecule has 2 aromatic carbocycles. The Kier molecular flexibility index (Phi) is 4.75. The first-order valence-electron chi connectivity index (χ1n) is 10.4. The van der Waals surface area contributed by atoms with Gasteiger partial charge < -0.3 is 10.6 Å². The molecule has 5 rings (SSSR count). The topological polar surface area (TPSA) is 76.0 Å². The Morgan fingerprint density at radius 2 is 1.68 bits per heavy atom. The molecule has 0 saturated heterocycles. The summed E-state index contributed by atoms with van der Waals surface area (Å²) in [6.07, 6.45) is 2.00. The van der Waals surface area contributed by atoms with Crippen LogP contribution in [0.5, 0.6) is 0 Å². The van der Waals surface area contributed by atoms with Crippen molar-refractivity contribution in [2.24, 2.45) is 0 Å². The number of carbonyl (C=O) groups excluding carboxylic acids is 1. The van der Waals surface area contributed by atoms with E-state index in [9.17, 15) is 9.59 Å². The third-order valence-corrected chi connectivity index (χ3v) is 5.37. The lowest BCUT2D eigenvalue weighted by atomic mass is 10.1. The van der Waals surface area contributed by atoms with Gasteiger partial charge in [0.25, 0.3) is 5.91 Å². The minimum absolute atomic E-state index is 0.139. The van der Waals surface area contributed by atoms with Crippen LogP contribution >= 0.6 is 0 Å². The zero-order chi connectivity index (χ0) is 21.4. The SMILES string of the molecule is Cc1cc(C(=O)NC2CC2)nc2c1c(=O)cc(Nc1ccccc1)n2-c1ccccc1. The fourth-order valence-electron chi connectivity index (χ4n) is 3.70. The van der Waals surface area contributed by atoms with Crippen molar-refractivity contribution < 1.29 is 4.79 Å². The zero-order valence-electron chi connectivity index (χ0n) is 17.1. The molecule has 6 heteroatoms. The summed E-state index contributed by atoms with van der Waals surface area (Å²) >= 11 is 0. The molecule has 2 N–H and O–H groups in total. The van der Waals surface area contributed by atoms with E-state index in [4.69, 9.17) is 0 Å². The number of nitrogens with one attached hydrogen (secondary N) is 2. The minimum atomic E-state index is -0.207. The molecule has 1 fully saturated rings. The van der Waals surface area contributed by atoms with E-state index in [1.54, 1.807) is 12.1 Å². The third kappa shape index (κ3) is 3.80. The van der Waals surface area contributed by atoms with Gasteiger partial charge in [-0.1, -0.05) is 36.4 Å². The minimum Gasteiger partial charge on any atom is -0.348 e. The average Bonchev–Trinajstić information content (AvgIpc) is 3.58. The van der Waals surface area contributed by atoms with E-state index >= 15 is 0 Å². The number of nitrogens with zero attached hydrogens (tertiary/aromatic N) is 2. The van der Waals surface area contributed by atoms with Crippen molar-refractivity contribution in [1.82, 2.24) is 14.9 Å². The summed E-state index contributed by atoms with van der Waals surface area (Å²) in [5.41, 5.74) is 3.06. The Morgan fingerprint density at radius 3 is 2.35 bits per heavy atom. The fourth-order valence-corrected chi connectivity index (χ4v) is 3.70. The van der Waals surface area contributed by atoms with Gasteiger partial charge >= 0.3 is 0 Å². The second kappa shape index (κ2) is 7.72. The van der Waals surface area contributed by atoms with Crippen LogP contribution < -0.4 is 16.1 Å². The summed E-state index contributed by atoms with van der Waals surface area (Å²) in [5, 5.41) is 6.83. The molecule has 1 aliphatic carbocycles. The maximum atomic E-state index is 13.1. The third-order valence-electron chi connectivity index (χ3n) is 5.37. The summed E-state index contributed by atoms with van der Waals surface area (Å²) in [6, 6.07) is 22.9. The van der Waals surface area contributed by atoms with Gasteiger partial charge in [-0.25, -0.2) is 4.98 Å². The summed E-state index contributed by atoms with van der Waals surface area (Å²) in [7, 11) is 0. The second-order valence-electron chi connectivity index (χ2n) is 7.83. The molecule has 0 radical (unpaired) electrons. The number of aromatic nitrogens is 2. The van der Waals surface area contributed by atoms with Gasteiger partial charge in [-0.05, 0) is 55.7 Å². The molecule has 2 heterocycles. The zero-order valence-corrected chi connectivity index (χ0v) is 17.1. The molecule has 154 valence electrons. The highest BCUT2D eigenvalue weighted by molar-refractivity contribution is 5.96. The van der Waals surface area contributed by atoms with Gasteiger partial charge in [-0.3, -0.25) is 14.2 Å². The summed E-state index contributed by atoms with van der Waals surface area (Å²) in [4.78, 5) is 30.5. The number of hydrogen-bond acceptors (Lipinski definition) is 4. The molecule has 0 atom stereocenters. The van der Waals surface area contributed by atoms with Gasteiger partial charge in [0.1, 0.15) is 11.5 Å². The molecule has 0 bridgehead atoms. The lowest BCUT2D eigenvalue weighted by Gasteiger charge is -2.19. The summed E-state index contributed by atoms with van der Waals surface area (Å²) in [5.74, 6) is 0.377. The normalized spacial score (nSPS) is 13.2. The predicted octanol–water partition coefficient (Wildman–Crippen LogP) is 4.33. The Hall–Kier alpha value is -3.93. The lowest BCUT2D eigenvalue weighted by molar-refractivity contribution is 0.0946. The number of hydrogen-bond donors (Lipinski definition) is 2. The van der Waals surface area contributed by atoms with E-state index in [2.05, 4.69) is 15.6 Å². The maximum Gasteiger partial charge on any atom is 0.270 e. The molecule has 1 amide bonds. The highest BCUT2D eigenvalue weighted by atomic mass is 16.2. The number of amides is 1. The van der Waals surface area contributed by atoms with Gasteiger partial charge in [0, 0.05) is 23.5 Å². The quantitative estimate of drug-likeness (QED) is 0.513. The Bertz CT molecular complexity index is 1330. The van der Waals surface area contributed by atoms with Crippen molar-refractivity contribution in [1.29, 1.82) is 0 Å². The van der Waals surface area contributed by atoms with E-state index in [1.165, 1.54) is 0 Å². The Morgan fingerprint density at radius 1 is 1.00 bits per heavy atom. The Labute approximate surface area is 179 Å². The summed E-state index contributed by atoms with van der Waals surface area (Å²) in [6.45, 7) is 1.85. The number of pyridine rings is 2. The van der Waals surface area contributed by atoms with E-state index in [0.717, 1.165) is 29.8 Å². The molecule has 31 heavy (non-hydrogen) atoms. The van der Waals surface area contributed by atoms with Crippen LogP contribution in [-0.4, -0.2) is 21.5 Å². The van der Waals surface area contributed by atoms with Crippen LogP contribution in [0.4, 0.5) is 11.5 Å². The van der Waals surface area contributed by atoms with Crippen molar-refractivity contribution in [2.45, 2.75) is 25.8 Å². The Balaban J connectivity index is 1.76. The van der Waals surface area contributed by atoms with Gasteiger partial charge in [0.05, 0.1) is 5.39 Å². The first kappa shape index (κ1) is 19.1. The predicted molar refractivity (Wildman–Crippen MR) is 122 cm³/mol. The number of benzene rings is 2. The standard InChI is InChI=1S/C25H22N4O2/c1-16-14-20(25(31)27-18-12-13-18)28-24-23(16)21(30)15-22(26-17-8-4-2-5-9-17)29(24)19-10-6-3-7-11-19/h2-11,14-15,18,26H,12-13H2,1H3,(H,27,31). The molecule has 0 spiro atoms. The molecule has 1 saturated carbocycles. The van der Waals surface area contributed by atoms with E-state index < -0.39 is 0 Å². The van der Waals surface area contributed by atoms with Crippen LogP contribution in [0, 0.1) is 6.92 Å². The number of fused-ring (bicyclic) bond motifs is 1. The molecular formula is C25H22N4O2. The number of anilines is 2. The molecule has 6 nitrogen and oxygen atoms in total. The maximum absolute atomic E-state index is 13.1. The highest BCUT2D eigenvalue weighted by Crippen LogP contribution is 2.26.